The van der Waals surface area contributed by atoms with E-state index in [2.05, 4.69) is 26.6 Å². The number of allylic oxidation sites excluding steroid dienone is 1. The van der Waals surface area contributed by atoms with Gasteiger partial charge in [0, 0.05) is 39.1 Å². The van der Waals surface area contributed by atoms with Crippen LogP contribution in [-0.4, -0.2) is 69.3 Å². The summed E-state index contributed by atoms with van der Waals surface area (Å²) in [5, 5.41) is 11.4. The van der Waals surface area contributed by atoms with Gasteiger partial charge < -0.3 is 10.2 Å². The highest BCUT2D eigenvalue weighted by Crippen LogP contribution is 2.25. The first-order valence-corrected chi connectivity index (χ1v) is 10.5. The van der Waals surface area contributed by atoms with Gasteiger partial charge in [0.1, 0.15) is 0 Å². The summed E-state index contributed by atoms with van der Waals surface area (Å²) in [6.07, 6.45) is 11.4. The highest BCUT2D eigenvalue weighted by Gasteiger charge is 2.25. The maximum Gasteiger partial charge on any atom is 0.234 e. The molecule has 0 unspecified atom stereocenters. The van der Waals surface area contributed by atoms with Crippen molar-refractivity contribution in [1.82, 2.24) is 30.1 Å². The number of hydrogen-bond acceptors (Lipinski definition) is 5. The number of carbonyl (C=O) groups excluding carboxylic acids is 2. The van der Waals surface area contributed by atoms with Crippen LogP contribution in [0, 0.1) is 0 Å². The predicted molar refractivity (Wildman–Crippen MR) is 104 cm³/mol. The fourth-order valence-corrected chi connectivity index (χ4v) is 4.37. The highest BCUT2D eigenvalue weighted by atomic mass is 16.2. The summed E-state index contributed by atoms with van der Waals surface area (Å²) in [4.78, 5) is 28.2. The molecule has 152 valence electrons. The van der Waals surface area contributed by atoms with E-state index in [9.17, 15) is 9.59 Å². The quantitative estimate of drug-likeness (QED) is 0.771. The second kappa shape index (κ2) is 8.86. The molecule has 0 spiro atoms. The minimum absolute atomic E-state index is 0.0691. The van der Waals surface area contributed by atoms with Crippen molar-refractivity contribution in [3.8, 4) is 0 Å². The summed E-state index contributed by atoms with van der Waals surface area (Å²) in [6.45, 7) is 4.19. The zero-order valence-electron chi connectivity index (χ0n) is 16.5. The molecule has 0 aromatic carbocycles. The lowest BCUT2D eigenvalue weighted by atomic mass is 9.96. The van der Waals surface area contributed by atoms with E-state index in [4.69, 9.17) is 0 Å². The second-order valence-corrected chi connectivity index (χ2v) is 8.15. The number of carbonyl (C=O) groups is 2. The number of hydrogen-bond donors (Lipinski definition) is 1. The molecule has 8 nitrogen and oxygen atoms in total. The fourth-order valence-electron chi connectivity index (χ4n) is 4.37. The molecule has 1 aliphatic carbocycles. The van der Waals surface area contributed by atoms with E-state index in [1.165, 1.54) is 18.4 Å². The predicted octanol–water partition coefficient (Wildman–Crippen LogP) is 1.26. The lowest BCUT2D eigenvalue weighted by molar-refractivity contribution is -0.131. The van der Waals surface area contributed by atoms with Crippen molar-refractivity contribution in [3.63, 3.8) is 0 Å². The van der Waals surface area contributed by atoms with Gasteiger partial charge in [-0.25, -0.2) is 4.68 Å². The summed E-state index contributed by atoms with van der Waals surface area (Å²) in [5.41, 5.74) is 2.23. The molecule has 0 atom stereocenters. The smallest absolute Gasteiger partial charge is 0.234 e. The fraction of sp³-hybridized carbons (Fsp3) is 0.700. The summed E-state index contributed by atoms with van der Waals surface area (Å²) < 4.78 is 1.95. The molecule has 1 N–H and O–H groups in total. The molecule has 0 bridgehead atoms. The van der Waals surface area contributed by atoms with Gasteiger partial charge >= 0.3 is 0 Å². The van der Waals surface area contributed by atoms with Crippen molar-refractivity contribution >= 4 is 11.8 Å². The van der Waals surface area contributed by atoms with Crippen LogP contribution in [0.4, 0.5) is 0 Å². The van der Waals surface area contributed by atoms with E-state index in [1.807, 2.05) is 15.8 Å². The minimum Gasteiger partial charge on any atom is -0.354 e. The summed E-state index contributed by atoms with van der Waals surface area (Å²) >= 11 is 0. The van der Waals surface area contributed by atoms with Crippen molar-refractivity contribution in [3.05, 3.63) is 23.5 Å². The standard InChI is InChI=1S/C20H30N6O2/c27-19-15-24(11-8-21-19)13-17-14-26(23-22-17)18-6-9-25(10-7-18)20(28)12-16-4-2-1-3-5-16/h4,14,18H,1-3,5-13,15H2,(H,21,27). The minimum atomic E-state index is 0.0691. The Hall–Kier alpha value is -2.22. The van der Waals surface area contributed by atoms with Crippen molar-refractivity contribution in [2.75, 3.05) is 32.7 Å². The number of nitrogens with one attached hydrogen (secondary N) is 1. The van der Waals surface area contributed by atoms with Crippen LogP contribution in [0.2, 0.25) is 0 Å². The molecular weight excluding hydrogens is 356 g/mol. The first-order chi connectivity index (χ1) is 13.7. The molecule has 28 heavy (non-hydrogen) atoms. The summed E-state index contributed by atoms with van der Waals surface area (Å²) in [5.74, 6) is 0.342. The van der Waals surface area contributed by atoms with Gasteiger partial charge in [-0.2, -0.15) is 0 Å². The van der Waals surface area contributed by atoms with E-state index < -0.39 is 0 Å². The SMILES string of the molecule is O=C1CN(Cc2cn(C3CCN(C(=O)CC4=CCCCC4)CC3)nn2)CCN1. The third kappa shape index (κ3) is 4.79. The zero-order valence-corrected chi connectivity index (χ0v) is 16.5. The maximum absolute atomic E-state index is 12.6. The molecule has 2 aliphatic heterocycles. The van der Waals surface area contributed by atoms with Crippen LogP contribution >= 0.6 is 0 Å². The van der Waals surface area contributed by atoms with E-state index in [-0.39, 0.29) is 11.8 Å². The van der Waals surface area contributed by atoms with Gasteiger partial charge in [0.25, 0.3) is 0 Å². The number of likely N-dealkylation sites (tertiary alicyclic amines) is 1. The van der Waals surface area contributed by atoms with Gasteiger partial charge in [0.05, 0.1) is 24.5 Å². The molecule has 2 saturated heterocycles. The Kier molecular flexibility index (Phi) is 6.04. The third-order valence-corrected chi connectivity index (χ3v) is 6.02. The number of rotatable bonds is 5. The van der Waals surface area contributed by atoms with Crippen LogP contribution in [0.15, 0.2) is 17.8 Å². The Morgan fingerprint density at radius 2 is 2.07 bits per heavy atom. The number of piperidine rings is 1. The van der Waals surface area contributed by atoms with Crippen LogP contribution in [0.3, 0.4) is 0 Å². The van der Waals surface area contributed by atoms with Crippen LogP contribution in [-0.2, 0) is 16.1 Å². The lowest BCUT2D eigenvalue weighted by Crippen LogP contribution is -2.47. The topological polar surface area (TPSA) is 83.4 Å². The summed E-state index contributed by atoms with van der Waals surface area (Å²) in [7, 11) is 0. The largest absolute Gasteiger partial charge is 0.354 e. The lowest BCUT2D eigenvalue weighted by Gasteiger charge is -2.32. The Morgan fingerprint density at radius 3 is 2.82 bits per heavy atom. The van der Waals surface area contributed by atoms with Crippen LogP contribution in [0.25, 0.3) is 0 Å². The monoisotopic (exact) mass is 386 g/mol. The van der Waals surface area contributed by atoms with Gasteiger partial charge in [-0.15, -0.1) is 5.10 Å². The molecule has 2 fully saturated rings. The molecular formula is C20H30N6O2. The third-order valence-electron chi connectivity index (χ3n) is 6.02. The Balaban J connectivity index is 1.25. The van der Waals surface area contributed by atoms with Crippen molar-refractivity contribution in [2.24, 2.45) is 0 Å². The van der Waals surface area contributed by atoms with Crippen LogP contribution < -0.4 is 5.32 Å². The van der Waals surface area contributed by atoms with E-state index in [0.717, 1.165) is 51.0 Å². The second-order valence-electron chi connectivity index (χ2n) is 8.15. The van der Waals surface area contributed by atoms with Gasteiger partial charge in [0.15, 0.2) is 0 Å². The van der Waals surface area contributed by atoms with Gasteiger partial charge in [0.2, 0.25) is 11.8 Å². The van der Waals surface area contributed by atoms with Crippen molar-refractivity contribution < 1.29 is 9.59 Å². The molecule has 1 aromatic rings. The molecule has 2 amide bonds. The molecule has 0 saturated carbocycles. The van der Waals surface area contributed by atoms with Gasteiger partial charge in [-0.05, 0) is 38.5 Å². The molecule has 0 radical (unpaired) electrons. The van der Waals surface area contributed by atoms with Crippen molar-refractivity contribution in [2.45, 2.75) is 57.5 Å². The van der Waals surface area contributed by atoms with Gasteiger partial charge in [-0.3, -0.25) is 14.5 Å². The van der Waals surface area contributed by atoms with Gasteiger partial charge in [-0.1, -0.05) is 16.9 Å². The van der Waals surface area contributed by atoms with Crippen molar-refractivity contribution in [1.29, 1.82) is 0 Å². The molecule has 8 heteroatoms. The average molecular weight is 387 g/mol. The first kappa shape index (κ1) is 19.1. The number of amides is 2. The Labute approximate surface area is 165 Å². The Bertz CT molecular complexity index is 735. The molecule has 3 aliphatic rings. The molecule has 4 rings (SSSR count). The average Bonchev–Trinajstić information content (AvgIpc) is 3.17. The van der Waals surface area contributed by atoms with E-state index in [0.29, 0.717) is 32.1 Å². The Morgan fingerprint density at radius 1 is 1.21 bits per heavy atom. The van der Waals surface area contributed by atoms with E-state index >= 15 is 0 Å². The number of aromatic nitrogens is 3. The number of piperazine rings is 1. The van der Waals surface area contributed by atoms with Crippen LogP contribution in [0.1, 0.15) is 56.7 Å². The van der Waals surface area contributed by atoms with Crippen LogP contribution in [0.5, 0.6) is 0 Å². The zero-order chi connectivity index (χ0) is 19.3. The highest BCUT2D eigenvalue weighted by molar-refractivity contribution is 5.79. The maximum atomic E-state index is 12.6. The first-order valence-electron chi connectivity index (χ1n) is 10.5. The summed E-state index contributed by atoms with van der Waals surface area (Å²) in [6, 6.07) is 0.295. The van der Waals surface area contributed by atoms with E-state index in [1.54, 1.807) is 0 Å². The molecule has 3 heterocycles. The molecule has 1 aromatic heterocycles. The normalized spacial score (nSPS) is 22.1. The number of nitrogens with zero attached hydrogens (tertiary/aromatic N) is 5.